The fraction of sp³-hybridized carbons (Fsp3) is 0.333. The highest BCUT2D eigenvalue weighted by atomic mass is 16.5. The maximum atomic E-state index is 12.8. The predicted octanol–water partition coefficient (Wildman–Crippen LogP) is 3.25. The minimum Gasteiger partial charge on any atom is -0.497 e. The summed E-state index contributed by atoms with van der Waals surface area (Å²) in [5.41, 5.74) is 3.56. The van der Waals surface area contributed by atoms with Gasteiger partial charge >= 0.3 is 6.03 Å². The molecule has 2 aromatic carbocycles. The van der Waals surface area contributed by atoms with Crippen LogP contribution in [-0.2, 0) is 4.79 Å². The zero-order chi connectivity index (χ0) is 20.3. The number of carbonyl (C=O) groups excluding carboxylic acids is 2. The van der Waals surface area contributed by atoms with Gasteiger partial charge in [-0.15, -0.1) is 0 Å². The molecular formula is C21H25N3O4. The number of carbonyl (C=O) groups is 2. The molecule has 0 aliphatic carbocycles. The number of hydrogen-bond acceptors (Lipinski definition) is 4. The second-order valence-electron chi connectivity index (χ2n) is 6.84. The average molecular weight is 383 g/mol. The molecule has 2 aromatic rings. The predicted molar refractivity (Wildman–Crippen MR) is 108 cm³/mol. The van der Waals surface area contributed by atoms with E-state index in [4.69, 9.17) is 9.47 Å². The van der Waals surface area contributed by atoms with Crippen molar-refractivity contribution in [2.45, 2.75) is 26.3 Å². The van der Waals surface area contributed by atoms with Crippen molar-refractivity contribution in [3.8, 4) is 11.5 Å². The van der Waals surface area contributed by atoms with Gasteiger partial charge in [-0.05, 0) is 55.7 Å². The van der Waals surface area contributed by atoms with Crippen LogP contribution < -0.4 is 25.0 Å². The molecule has 3 rings (SSSR count). The first-order valence-electron chi connectivity index (χ1n) is 9.10. The third-order valence-electron chi connectivity index (χ3n) is 4.69. The van der Waals surface area contributed by atoms with Gasteiger partial charge in [-0.2, -0.15) is 0 Å². The van der Waals surface area contributed by atoms with Crippen molar-refractivity contribution in [3.63, 3.8) is 0 Å². The van der Waals surface area contributed by atoms with Gasteiger partial charge in [0, 0.05) is 18.3 Å². The third-order valence-corrected chi connectivity index (χ3v) is 4.69. The molecule has 0 spiro atoms. The molecule has 1 aliphatic heterocycles. The van der Waals surface area contributed by atoms with Crippen molar-refractivity contribution in [2.75, 3.05) is 31.0 Å². The maximum Gasteiger partial charge on any atom is 0.319 e. The Balaban J connectivity index is 1.66. The van der Waals surface area contributed by atoms with E-state index >= 15 is 0 Å². The van der Waals surface area contributed by atoms with Gasteiger partial charge in [-0.3, -0.25) is 4.79 Å². The Morgan fingerprint density at radius 3 is 2.43 bits per heavy atom. The molecule has 0 aromatic heterocycles. The van der Waals surface area contributed by atoms with Gasteiger partial charge in [0.1, 0.15) is 17.5 Å². The van der Waals surface area contributed by atoms with Gasteiger partial charge < -0.3 is 25.0 Å². The molecule has 0 radical (unpaired) electrons. The number of amides is 3. The molecule has 28 heavy (non-hydrogen) atoms. The quantitative estimate of drug-likeness (QED) is 0.831. The summed E-state index contributed by atoms with van der Waals surface area (Å²) in [5.74, 6) is 0.990. The van der Waals surface area contributed by atoms with Gasteiger partial charge in [0.15, 0.2) is 0 Å². The molecule has 148 valence electrons. The van der Waals surface area contributed by atoms with E-state index in [2.05, 4.69) is 16.7 Å². The van der Waals surface area contributed by atoms with Crippen LogP contribution >= 0.6 is 0 Å². The Morgan fingerprint density at radius 1 is 1.07 bits per heavy atom. The van der Waals surface area contributed by atoms with Crippen LogP contribution in [0.25, 0.3) is 0 Å². The van der Waals surface area contributed by atoms with Crippen LogP contribution in [0.5, 0.6) is 11.5 Å². The van der Waals surface area contributed by atoms with Gasteiger partial charge in [0.05, 0.1) is 19.9 Å². The SMILES string of the molecule is COc1ccc(NC(=O)N[C@H]2CCN(c3cc(C)cc(C)c3)C2=O)c(OC)c1. The van der Waals surface area contributed by atoms with E-state index in [1.165, 1.54) is 7.11 Å². The molecule has 1 heterocycles. The lowest BCUT2D eigenvalue weighted by atomic mass is 10.1. The molecule has 1 saturated heterocycles. The lowest BCUT2D eigenvalue weighted by Crippen LogP contribution is -2.43. The largest absolute Gasteiger partial charge is 0.497 e. The minimum atomic E-state index is -0.565. The van der Waals surface area contributed by atoms with Crippen LogP contribution in [-0.4, -0.2) is 38.7 Å². The lowest BCUT2D eigenvalue weighted by Gasteiger charge is -2.19. The first-order valence-corrected chi connectivity index (χ1v) is 9.10. The fourth-order valence-electron chi connectivity index (χ4n) is 3.40. The van der Waals surface area contributed by atoms with Gasteiger partial charge in [0.25, 0.3) is 0 Å². The summed E-state index contributed by atoms with van der Waals surface area (Å²) in [4.78, 5) is 26.9. The van der Waals surface area contributed by atoms with E-state index in [-0.39, 0.29) is 5.91 Å². The van der Waals surface area contributed by atoms with Crippen LogP contribution in [0.2, 0.25) is 0 Å². The summed E-state index contributed by atoms with van der Waals surface area (Å²) in [7, 11) is 3.07. The number of urea groups is 1. The first-order chi connectivity index (χ1) is 13.4. The van der Waals surface area contributed by atoms with Crippen LogP contribution in [0.1, 0.15) is 17.5 Å². The molecule has 3 amide bonds. The molecule has 7 nitrogen and oxygen atoms in total. The highest BCUT2D eigenvalue weighted by Crippen LogP contribution is 2.29. The molecule has 7 heteroatoms. The normalized spacial score (nSPS) is 16.1. The zero-order valence-electron chi connectivity index (χ0n) is 16.5. The molecule has 1 aliphatic rings. The number of hydrogen-bond donors (Lipinski definition) is 2. The lowest BCUT2D eigenvalue weighted by molar-refractivity contribution is -0.118. The number of aryl methyl sites for hydroxylation is 2. The number of benzene rings is 2. The van der Waals surface area contributed by atoms with Crippen LogP contribution in [0.4, 0.5) is 16.2 Å². The Labute approximate surface area is 164 Å². The van der Waals surface area contributed by atoms with Gasteiger partial charge in [0.2, 0.25) is 5.91 Å². The number of nitrogens with one attached hydrogen (secondary N) is 2. The Morgan fingerprint density at radius 2 is 1.79 bits per heavy atom. The molecule has 0 saturated carbocycles. The van der Waals surface area contributed by atoms with E-state index in [0.29, 0.717) is 30.2 Å². The van der Waals surface area contributed by atoms with Crippen molar-refractivity contribution in [2.24, 2.45) is 0 Å². The van der Waals surface area contributed by atoms with Gasteiger partial charge in [-0.1, -0.05) is 6.07 Å². The van der Waals surface area contributed by atoms with E-state index in [1.807, 2.05) is 26.0 Å². The standard InChI is InChI=1S/C21H25N3O4/c1-13-9-14(2)11-15(10-13)24-8-7-18(20(24)25)23-21(26)22-17-6-5-16(27-3)12-19(17)28-4/h5-6,9-12,18H,7-8H2,1-4H3,(H2,22,23,26)/t18-/m0/s1. The molecule has 0 unspecified atom stereocenters. The summed E-state index contributed by atoms with van der Waals surface area (Å²) in [6.07, 6.45) is 0.555. The third kappa shape index (κ3) is 4.19. The summed E-state index contributed by atoms with van der Waals surface area (Å²) < 4.78 is 10.4. The zero-order valence-corrected chi connectivity index (χ0v) is 16.5. The molecule has 1 fully saturated rings. The van der Waals surface area contributed by atoms with E-state index < -0.39 is 12.1 Å². The summed E-state index contributed by atoms with van der Waals surface area (Å²) in [6, 6.07) is 10.1. The molecular weight excluding hydrogens is 358 g/mol. The monoisotopic (exact) mass is 383 g/mol. The summed E-state index contributed by atoms with van der Waals surface area (Å²) in [6.45, 7) is 4.57. The van der Waals surface area contributed by atoms with E-state index in [9.17, 15) is 9.59 Å². The van der Waals surface area contributed by atoms with Gasteiger partial charge in [-0.25, -0.2) is 4.79 Å². The minimum absolute atomic E-state index is 0.109. The summed E-state index contributed by atoms with van der Waals surface area (Å²) >= 11 is 0. The number of anilines is 2. The number of ether oxygens (including phenoxy) is 2. The number of nitrogens with zero attached hydrogens (tertiary/aromatic N) is 1. The van der Waals surface area contributed by atoms with Crippen molar-refractivity contribution in [1.82, 2.24) is 5.32 Å². The van der Waals surface area contributed by atoms with Crippen LogP contribution in [0.15, 0.2) is 36.4 Å². The second-order valence-corrected chi connectivity index (χ2v) is 6.84. The van der Waals surface area contributed by atoms with Crippen molar-refractivity contribution < 1.29 is 19.1 Å². The smallest absolute Gasteiger partial charge is 0.319 e. The van der Waals surface area contributed by atoms with Crippen LogP contribution in [0, 0.1) is 13.8 Å². The fourth-order valence-corrected chi connectivity index (χ4v) is 3.40. The second kappa shape index (κ2) is 8.21. The Kier molecular flexibility index (Phi) is 5.73. The van der Waals surface area contributed by atoms with Crippen molar-refractivity contribution in [3.05, 3.63) is 47.5 Å². The molecule has 1 atom stereocenters. The number of methoxy groups -OCH3 is 2. The Bertz CT molecular complexity index is 877. The highest BCUT2D eigenvalue weighted by molar-refractivity contribution is 6.03. The van der Waals surface area contributed by atoms with E-state index in [0.717, 1.165) is 16.8 Å². The highest BCUT2D eigenvalue weighted by Gasteiger charge is 2.33. The molecule has 2 N–H and O–H groups in total. The number of rotatable bonds is 5. The topological polar surface area (TPSA) is 79.9 Å². The summed E-state index contributed by atoms with van der Waals surface area (Å²) in [5, 5.41) is 5.49. The average Bonchev–Trinajstić information content (AvgIpc) is 3.01. The van der Waals surface area contributed by atoms with Crippen molar-refractivity contribution >= 4 is 23.3 Å². The Hall–Kier alpha value is -3.22. The maximum absolute atomic E-state index is 12.8. The first kappa shape index (κ1) is 19.5. The van der Waals surface area contributed by atoms with Crippen LogP contribution in [0.3, 0.4) is 0 Å². The molecule has 0 bridgehead atoms. The van der Waals surface area contributed by atoms with Crippen molar-refractivity contribution in [1.29, 1.82) is 0 Å². The van der Waals surface area contributed by atoms with E-state index in [1.54, 1.807) is 30.2 Å².